The van der Waals surface area contributed by atoms with Crippen LogP contribution in [0.25, 0.3) is 43.1 Å². The van der Waals surface area contributed by atoms with Crippen molar-refractivity contribution in [3.8, 4) is 11.5 Å². The molecule has 0 aliphatic heterocycles. The lowest BCUT2D eigenvalue weighted by Gasteiger charge is -2.19. The lowest BCUT2D eigenvalue weighted by molar-refractivity contribution is 0.0647. The van der Waals surface area contributed by atoms with Crippen molar-refractivity contribution in [1.29, 1.82) is 0 Å². The first-order valence-corrected chi connectivity index (χ1v) is 12.4. The van der Waals surface area contributed by atoms with Crippen molar-refractivity contribution in [3.63, 3.8) is 0 Å². The van der Waals surface area contributed by atoms with Gasteiger partial charge in [0.2, 0.25) is 0 Å². The Balaban J connectivity index is 1.30. The van der Waals surface area contributed by atoms with E-state index in [0.29, 0.717) is 0 Å². The Morgan fingerprint density at radius 3 is 1.00 bits per heavy atom. The summed E-state index contributed by atoms with van der Waals surface area (Å²) in [5.74, 6) is 1.61. The fraction of sp³-hybridized carbons (Fsp3) is 0.152. The smallest absolute Gasteiger partial charge is 0.135 e. The number of aryl methyl sites for hydroxylation is 2. The maximum absolute atomic E-state index is 10.9. The highest BCUT2D eigenvalue weighted by Gasteiger charge is 2.16. The van der Waals surface area contributed by atoms with E-state index in [1.54, 1.807) is 0 Å². The average molecular weight is 473 g/mol. The monoisotopic (exact) mass is 472 g/mol. The second kappa shape index (κ2) is 9.18. The van der Waals surface area contributed by atoms with Crippen LogP contribution in [0.3, 0.4) is 0 Å². The van der Waals surface area contributed by atoms with Crippen LogP contribution in [0.1, 0.15) is 11.1 Å². The van der Waals surface area contributed by atoms with E-state index in [4.69, 9.17) is 9.47 Å². The molecule has 0 aromatic heterocycles. The Morgan fingerprint density at radius 1 is 0.472 bits per heavy atom. The minimum absolute atomic E-state index is 0.138. The predicted molar refractivity (Wildman–Crippen MR) is 149 cm³/mol. The fourth-order valence-electron chi connectivity index (χ4n) is 5.33. The third kappa shape index (κ3) is 3.73. The summed E-state index contributed by atoms with van der Waals surface area (Å²) in [5, 5.41) is 19.8. The molecule has 0 amide bonds. The van der Waals surface area contributed by atoms with Gasteiger partial charge in [-0.25, -0.2) is 0 Å². The third-order valence-corrected chi connectivity index (χ3v) is 7.14. The molecule has 1 N–H and O–H groups in total. The topological polar surface area (TPSA) is 38.7 Å². The second-order valence-corrected chi connectivity index (χ2v) is 9.37. The number of aliphatic hydroxyl groups excluding tert-OH is 1. The summed E-state index contributed by atoms with van der Waals surface area (Å²) in [4.78, 5) is 0. The Kier molecular flexibility index (Phi) is 5.71. The van der Waals surface area contributed by atoms with Crippen LogP contribution in [-0.4, -0.2) is 24.4 Å². The van der Waals surface area contributed by atoms with Crippen LogP contribution in [-0.2, 0) is 0 Å². The number of benzene rings is 6. The van der Waals surface area contributed by atoms with E-state index in [0.717, 1.165) is 54.6 Å². The normalized spacial score (nSPS) is 11.7. The summed E-state index contributed by atoms with van der Waals surface area (Å²) in [5.41, 5.74) is 2.46. The van der Waals surface area contributed by atoms with Gasteiger partial charge in [0, 0.05) is 21.5 Å². The summed E-state index contributed by atoms with van der Waals surface area (Å²) in [7, 11) is 0. The van der Waals surface area contributed by atoms with E-state index in [2.05, 4.69) is 62.4 Å². The van der Waals surface area contributed by atoms with Crippen molar-refractivity contribution >= 4 is 43.1 Å². The molecule has 0 aliphatic rings. The molecule has 0 bridgehead atoms. The van der Waals surface area contributed by atoms with Crippen LogP contribution < -0.4 is 9.47 Å². The van der Waals surface area contributed by atoms with Crippen LogP contribution >= 0.6 is 0 Å². The van der Waals surface area contributed by atoms with Crippen LogP contribution in [0.15, 0.2) is 97.1 Å². The number of hydrogen-bond acceptors (Lipinski definition) is 3. The molecule has 3 heteroatoms. The molecule has 3 nitrogen and oxygen atoms in total. The van der Waals surface area contributed by atoms with E-state index in [1.807, 2.05) is 48.5 Å². The molecule has 0 fully saturated rings. The molecular formula is C33H28O3. The molecule has 0 saturated carbocycles. The summed E-state index contributed by atoms with van der Waals surface area (Å²) < 4.78 is 12.6. The van der Waals surface area contributed by atoms with Crippen molar-refractivity contribution in [2.75, 3.05) is 13.2 Å². The maximum Gasteiger partial charge on any atom is 0.135 e. The first kappa shape index (κ1) is 22.4. The lowest BCUT2D eigenvalue weighted by atomic mass is 9.96. The van der Waals surface area contributed by atoms with Crippen LogP contribution in [0.2, 0.25) is 0 Å². The summed E-state index contributed by atoms with van der Waals surface area (Å²) >= 11 is 0. The molecule has 6 rings (SSSR count). The zero-order valence-corrected chi connectivity index (χ0v) is 20.5. The first-order chi connectivity index (χ1) is 17.6. The van der Waals surface area contributed by atoms with E-state index in [1.165, 1.54) is 11.1 Å². The highest BCUT2D eigenvalue weighted by atomic mass is 16.5. The van der Waals surface area contributed by atoms with E-state index in [9.17, 15) is 5.11 Å². The van der Waals surface area contributed by atoms with E-state index >= 15 is 0 Å². The van der Waals surface area contributed by atoms with Crippen LogP contribution in [0.5, 0.6) is 11.5 Å². The van der Waals surface area contributed by atoms with Gasteiger partial charge in [-0.05, 0) is 46.5 Å². The standard InChI is InChI=1S/C33H28O3/c1-21-24-11-3-7-15-28(24)32(29-16-8-4-12-25(21)29)35-19-23(34)20-36-33-30-17-9-5-13-26(30)22(2)27-14-6-10-18-31(27)33/h3-18,23,34H,19-20H2,1-2H3. The number of hydrogen-bond donors (Lipinski definition) is 1. The van der Waals surface area contributed by atoms with E-state index < -0.39 is 6.10 Å². The van der Waals surface area contributed by atoms with Crippen LogP contribution in [0.4, 0.5) is 0 Å². The van der Waals surface area contributed by atoms with Gasteiger partial charge in [-0.1, -0.05) is 97.1 Å². The molecule has 0 heterocycles. The lowest BCUT2D eigenvalue weighted by Crippen LogP contribution is -2.25. The molecule has 0 spiro atoms. The minimum Gasteiger partial charge on any atom is -0.489 e. The minimum atomic E-state index is -0.789. The Bertz CT molecular complexity index is 1490. The Labute approximate surface area is 210 Å². The Hall–Kier alpha value is -4.08. The van der Waals surface area contributed by atoms with Crippen molar-refractivity contribution in [1.82, 2.24) is 0 Å². The van der Waals surface area contributed by atoms with Crippen molar-refractivity contribution in [2.24, 2.45) is 0 Å². The quantitative estimate of drug-likeness (QED) is 0.252. The molecule has 0 saturated heterocycles. The maximum atomic E-state index is 10.9. The number of rotatable bonds is 6. The number of ether oxygens (including phenoxy) is 2. The van der Waals surface area contributed by atoms with Gasteiger partial charge in [0.1, 0.15) is 30.8 Å². The highest BCUT2D eigenvalue weighted by molar-refractivity contribution is 6.09. The van der Waals surface area contributed by atoms with Gasteiger partial charge >= 0.3 is 0 Å². The first-order valence-electron chi connectivity index (χ1n) is 12.4. The van der Waals surface area contributed by atoms with Crippen molar-refractivity contribution in [2.45, 2.75) is 20.0 Å². The SMILES string of the molecule is Cc1c2ccccc2c(OCC(O)COc2c3ccccc3c(C)c3ccccc23)c2ccccc12. The molecule has 178 valence electrons. The molecule has 36 heavy (non-hydrogen) atoms. The zero-order chi connectivity index (χ0) is 24.6. The summed E-state index contributed by atoms with van der Waals surface area (Å²) in [6.07, 6.45) is -0.789. The predicted octanol–water partition coefficient (Wildman–Crippen LogP) is 7.73. The third-order valence-electron chi connectivity index (χ3n) is 7.14. The largest absolute Gasteiger partial charge is 0.489 e. The van der Waals surface area contributed by atoms with Crippen LogP contribution in [0, 0.1) is 13.8 Å². The number of aliphatic hydroxyl groups is 1. The molecular weight excluding hydrogens is 444 g/mol. The van der Waals surface area contributed by atoms with Gasteiger partial charge in [-0.2, -0.15) is 0 Å². The van der Waals surface area contributed by atoms with Crippen molar-refractivity contribution < 1.29 is 14.6 Å². The molecule has 0 atom stereocenters. The average Bonchev–Trinajstić information content (AvgIpc) is 2.93. The molecule has 6 aromatic rings. The van der Waals surface area contributed by atoms with Gasteiger partial charge in [0.05, 0.1) is 0 Å². The zero-order valence-electron chi connectivity index (χ0n) is 20.5. The summed E-state index contributed by atoms with van der Waals surface area (Å²) in [6, 6.07) is 33.1. The molecule has 0 unspecified atom stereocenters. The highest BCUT2D eigenvalue weighted by Crippen LogP contribution is 2.39. The molecule has 0 aliphatic carbocycles. The van der Waals surface area contributed by atoms with Gasteiger partial charge in [-0.3, -0.25) is 0 Å². The summed E-state index contributed by atoms with van der Waals surface area (Å²) in [6.45, 7) is 4.57. The van der Waals surface area contributed by atoms with Crippen molar-refractivity contribution in [3.05, 3.63) is 108 Å². The molecule has 0 radical (unpaired) electrons. The Morgan fingerprint density at radius 2 is 0.722 bits per heavy atom. The van der Waals surface area contributed by atoms with Gasteiger partial charge in [0.25, 0.3) is 0 Å². The molecule has 6 aromatic carbocycles. The second-order valence-electron chi connectivity index (χ2n) is 9.37. The van der Waals surface area contributed by atoms with Gasteiger partial charge < -0.3 is 14.6 Å². The number of fused-ring (bicyclic) bond motifs is 4. The van der Waals surface area contributed by atoms with E-state index in [-0.39, 0.29) is 13.2 Å². The fourth-order valence-corrected chi connectivity index (χ4v) is 5.33. The van der Waals surface area contributed by atoms with Gasteiger partial charge in [-0.15, -0.1) is 0 Å². The van der Waals surface area contributed by atoms with Gasteiger partial charge in [0.15, 0.2) is 0 Å².